The van der Waals surface area contributed by atoms with Crippen LogP contribution in [0.4, 0.5) is 0 Å². The predicted molar refractivity (Wildman–Crippen MR) is 109 cm³/mol. The molecule has 140 valence electrons. The second kappa shape index (κ2) is 8.59. The number of thiophene rings is 1. The highest BCUT2D eigenvalue weighted by molar-refractivity contribution is 7.99. The van der Waals surface area contributed by atoms with Gasteiger partial charge >= 0.3 is 0 Å². The standard InChI is InChI=1S/C19H26N4OS2/c24-19(17-12-16(20-21-17)18-6-4-11-26-18)23-9-5-10-25-14-15(23)13-22-7-2-1-3-8-22/h4,6,11-12,15H,1-3,5,7-10,13-14H2,(H,20,21). The summed E-state index contributed by atoms with van der Waals surface area (Å²) in [6, 6.07) is 6.26. The lowest BCUT2D eigenvalue weighted by atomic mass is 10.1. The van der Waals surface area contributed by atoms with E-state index in [0.29, 0.717) is 5.69 Å². The molecule has 0 saturated carbocycles. The fourth-order valence-electron chi connectivity index (χ4n) is 3.82. The SMILES string of the molecule is O=C(c1cc(-c2cccs2)[nH]n1)N1CCCSCC1CN1CCCCC1. The molecule has 0 aliphatic carbocycles. The first-order valence-corrected chi connectivity index (χ1v) is 11.5. The highest BCUT2D eigenvalue weighted by Crippen LogP contribution is 2.25. The van der Waals surface area contributed by atoms with Gasteiger partial charge in [-0.3, -0.25) is 9.89 Å². The Hall–Kier alpha value is -1.31. The van der Waals surface area contributed by atoms with Gasteiger partial charge in [0.25, 0.3) is 5.91 Å². The number of hydrogen-bond donors (Lipinski definition) is 1. The Morgan fingerprint density at radius 3 is 2.92 bits per heavy atom. The van der Waals surface area contributed by atoms with Crippen molar-refractivity contribution in [2.24, 2.45) is 0 Å². The minimum atomic E-state index is 0.0774. The lowest BCUT2D eigenvalue weighted by Gasteiger charge is -2.35. The molecule has 0 spiro atoms. The summed E-state index contributed by atoms with van der Waals surface area (Å²) < 4.78 is 0. The van der Waals surface area contributed by atoms with Gasteiger partial charge in [-0.2, -0.15) is 16.9 Å². The van der Waals surface area contributed by atoms with E-state index in [2.05, 4.69) is 20.0 Å². The zero-order valence-electron chi connectivity index (χ0n) is 15.0. The summed E-state index contributed by atoms with van der Waals surface area (Å²) in [7, 11) is 0. The van der Waals surface area contributed by atoms with Crippen LogP contribution in [0, 0.1) is 0 Å². The average Bonchev–Trinajstić information content (AvgIpc) is 3.31. The fraction of sp³-hybridized carbons (Fsp3) is 0.579. The van der Waals surface area contributed by atoms with Crippen molar-refractivity contribution in [1.29, 1.82) is 0 Å². The van der Waals surface area contributed by atoms with Gasteiger partial charge in [0, 0.05) is 18.8 Å². The van der Waals surface area contributed by atoms with E-state index in [9.17, 15) is 4.79 Å². The Kier molecular flexibility index (Phi) is 5.97. The lowest BCUT2D eigenvalue weighted by molar-refractivity contribution is 0.0639. The van der Waals surface area contributed by atoms with Crippen molar-refractivity contribution < 1.29 is 4.79 Å². The second-order valence-corrected chi connectivity index (χ2v) is 9.18. The molecule has 2 aromatic rings. The minimum absolute atomic E-state index is 0.0774. The van der Waals surface area contributed by atoms with Gasteiger partial charge in [0.2, 0.25) is 0 Å². The number of hydrogen-bond acceptors (Lipinski definition) is 5. The maximum absolute atomic E-state index is 13.2. The number of likely N-dealkylation sites (tertiary alicyclic amines) is 1. The van der Waals surface area contributed by atoms with Gasteiger partial charge in [0.1, 0.15) is 0 Å². The number of nitrogens with one attached hydrogen (secondary N) is 1. The molecular weight excluding hydrogens is 364 g/mol. The highest BCUT2D eigenvalue weighted by Gasteiger charge is 2.30. The molecule has 0 bridgehead atoms. The fourth-order valence-corrected chi connectivity index (χ4v) is 5.57. The van der Waals surface area contributed by atoms with Crippen LogP contribution < -0.4 is 0 Å². The van der Waals surface area contributed by atoms with Crippen molar-refractivity contribution in [1.82, 2.24) is 20.0 Å². The molecule has 1 N–H and O–H groups in total. The maximum atomic E-state index is 13.2. The first-order chi connectivity index (χ1) is 12.8. The summed E-state index contributed by atoms with van der Waals surface area (Å²) >= 11 is 3.64. The van der Waals surface area contributed by atoms with Crippen molar-refractivity contribution >= 4 is 29.0 Å². The number of H-pyrrole nitrogens is 1. The first kappa shape index (κ1) is 18.1. The van der Waals surface area contributed by atoms with Crippen LogP contribution in [0.15, 0.2) is 23.6 Å². The third kappa shape index (κ3) is 4.15. The molecule has 4 heterocycles. The van der Waals surface area contributed by atoms with E-state index in [0.717, 1.165) is 41.6 Å². The van der Waals surface area contributed by atoms with Gasteiger partial charge < -0.3 is 9.80 Å². The molecule has 2 aliphatic heterocycles. The number of piperidine rings is 1. The zero-order valence-corrected chi connectivity index (χ0v) is 16.7. The zero-order chi connectivity index (χ0) is 17.8. The Balaban J connectivity index is 1.49. The summed E-state index contributed by atoms with van der Waals surface area (Å²) in [6.07, 6.45) is 4.99. The van der Waals surface area contributed by atoms with E-state index in [1.54, 1.807) is 11.3 Å². The van der Waals surface area contributed by atoms with Crippen LogP contribution in [0.3, 0.4) is 0 Å². The smallest absolute Gasteiger partial charge is 0.274 e. The molecule has 0 aromatic carbocycles. The monoisotopic (exact) mass is 390 g/mol. The van der Waals surface area contributed by atoms with Gasteiger partial charge in [-0.15, -0.1) is 11.3 Å². The van der Waals surface area contributed by atoms with E-state index >= 15 is 0 Å². The molecule has 0 radical (unpaired) electrons. The topological polar surface area (TPSA) is 52.2 Å². The van der Waals surface area contributed by atoms with E-state index < -0.39 is 0 Å². The van der Waals surface area contributed by atoms with Crippen molar-refractivity contribution in [2.45, 2.75) is 31.7 Å². The number of nitrogens with zero attached hydrogens (tertiary/aromatic N) is 3. The summed E-state index contributed by atoms with van der Waals surface area (Å²) in [6.45, 7) is 4.19. The summed E-state index contributed by atoms with van der Waals surface area (Å²) in [5, 5.41) is 9.41. The third-order valence-corrected chi connectivity index (χ3v) is 7.30. The van der Waals surface area contributed by atoms with Crippen molar-refractivity contribution in [3.8, 4) is 10.6 Å². The molecule has 5 nitrogen and oxygen atoms in total. The molecule has 1 unspecified atom stereocenters. The molecule has 4 rings (SSSR count). The van der Waals surface area contributed by atoms with E-state index in [-0.39, 0.29) is 11.9 Å². The Bertz CT molecular complexity index is 709. The number of aromatic nitrogens is 2. The van der Waals surface area contributed by atoms with Crippen LogP contribution >= 0.6 is 23.1 Å². The Morgan fingerprint density at radius 1 is 1.23 bits per heavy atom. The number of thioether (sulfide) groups is 1. The number of aromatic amines is 1. The minimum Gasteiger partial charge on any atom is -0.332 e. The predicted octanol–water partition coefficient (Wildman–Crippen LogP) is 3.57. The Morgan fingerprint density at radius 2 is 2.12 bits per heavy atom. The highest BCUT2D eigenvalue weighted by atomic mass is 32.2. The van der Waals surface area contributed by atoms with E-state index in [1.807, 2.05) is 35.3 Å². The molecule has 2 aliphatic rings. The number of carbonyl (C=O) groups excluding carboxylic acids is 1. The van der Waals surface area contributed by atoms with E-state index in [4.69, 9.17) is 0 Å². The van der Waals surface area contributed by atoms with Gasteiger partial charge in [0.05, 0.1) is 16.6 Å². The van der Waals surface area contributed by atoms with E-state index in [1.165, 1.54) is 32.4 Å². The molecular formula is C19H26N4OS2. The lowest BCUT2D eigenvalue weighted by Crippen LogP contribution is -2.49. The molecule has 26 heavy (non-hydrogen) atoms. The van der Waals surface area contributed by atoms with Crippen LogP contribution in [0.25, 0.3) is 10.6 Å². The molecule has 2 saturated heterocycles. The molecule has 7 heteroatoms. The number of amides is 1. The van der Waals surface area contributed by atoms with Crippen LogP contribution in [0.1, 0.15) is 36.2 Å². The maximum Gasteiger partial charge on any atom is 0.274 e. The molecule has 2 aromatic heterocycles. The van der Waals surface area contributed by atoms with Gasteiger partial charge in [-0.05, 0) is 55.6 Å². The Labute approximate surface area is 163 Å². The largest absolute Gasteiger partial charge is 0.332 e. The summed E-state index contributed by atoms with van der Waals surface area (Å²) in [5.41, 5.74) is 1.48. The van der Waals surface area contributed by atoms with Gasteiger partial charge in [-0.25, -0.2) is 0 Å². The van der Waals surface area contributed by atoms with Crippen molar-refractivity contribution in [3.63, 3.8) is 0 Å². The summed E-state index contributed by atoms with van der Waals surface area (Å²) in [4.78, 5) is 19.0. The van der Waals surface area contributed by atoms with Crippen LogP contribution in [-0.4, -0.2) is 69.6 Å². The van der Waals surface area contributed by atoms with Crippen molar-refractivity contribution in [2.75, 3.05) is 37.7 Å². The molecule has 1 amide bonds. The molecule has 1 atom stereocenters. The number of rotatable bonds is 4. The average molecular weight is 391 g/mol. The van der Waals surface area contributed by atoms with Gasteiger partial charge in [-0.1, -0.05) is 12.5 Å². The number of carbonyl (C=O) groups is 1. The van der Waals surface area contributed by atoms with Crippen LogP contribution in [-0.2, 0) is 0 Å². The van der Waals surface area contributed by atoms with Crippen molar-refractivity contribution in [3.05, 3.63) is 29.3 Å². The van der Waals surface area contributed by atoms with Crippen LogP contribution in [0.5, 0.6) is 0 Å². The van der Waals surface area contributed by atoms with Crippen LogP contribution in [0.2, 0.25) is 0 Å². The quantitative estimate of drug-likeness (QED) is 0.867. The van der Waals surface area contributed by atoms with Gasteiger partial charge in [0.15, 0.2) is 5.69 Å². The first-order valence-electron chi connectivity index (χ1n) is 9.51. The molecule has 2 fully saturated rings. The summed E-state index contributed by atoms with van der Waals surface area (Å²) in [5.74, 6) is 2.25. The second-order valence-electron chi connectivity index (χ2n) is 7.09. The normalized spacial score (nSPS) is 22.3. The third-order valence-electron chi connectivity index (χ3n) is 5.20.